The van der Waals surface area contributed by atoms with Gasteiger partial charge >= 0.3 is 0 Å². The third-order valence-corrected chi connectivity index (χ3v) is 2.16. The van der Waals surface area contributed by atoms with Crippen LogP contribution in [0.1, 0.15) is 12.1 Å². The quantitative estimate of drug-likeness (QED) is 0.676. The minimum absolute atomic E-state index is 0.376. The van der Waals surface area contributed by atoms with Gasteiger partial charge in [-0.15, -0.1) is 0 Å². The second kappa shape index (κ2) is 3.18. The zero-order chi connectivity index (χ0) is 9.26. The molecular formula is C8H12N4O. The van der Waals surface area contributed by atoms with E-state index >= 15 is 0 Å². The number of likely N-dealkylation sites (N-methyl/N-ethyl adjacent to an activating group) is 1. The Labute approximate surface area is 76.2 Å². The van der Waals surface area contributed by atoms with Crippen LogP contribution in [0.15, 0.2) is 10.7 Å². The maximum atomic E-state index is 5.59. The van der Waals surface area contributed by atoms with Crippen molar-refractivity contribution >= 4 is 11.4 Å². The van der Waals surface area contributed by atoms with E-state index < -0.39 is 0 Å². The van der Waals surface area contributed by atoms with Gasteiger partial charge in [-0.1, -0.05) is 6.08 Å². The van der Waals surface area contributed by atoms with Gasteiger partial charge in [0.05, 0.1) is 0 Å². The molecule has 1 aromatic rings. The molecule has 5 nitrogen and oxygen atoms in total. The third kappa shape index (κ3) is 1.55. The van der Waals surface area contributed by atoms with Crippen LogP contribution in [0.3, 0.4) is 0 Å². The van der Waals surface area contributed by atoms with Crippen LogP contribution in [0.5, 0.6) is 0 Å². The number of aromatic nitrogens is 2. The number of anilines is 1. The monoisotopic (exact) mass is 180 g/mol. The predicted octanol–water partition coefficient (Wildman–Crippen LogP) is 0.371. The molecule has 0 unspecified atom stereocenters. The lowest BCUT2D eigenvalue weighted by atomic mass is 10.1. The highest BCUT2D eigenvalue weighted by molar-refractivity contribution is 5.71. The Morgan fingerprint density at radius 3 is 3.00 bits per heavy atom. The van der Waals surface area contributed by atoms with Crippen LogP contribution in [0.4, 0.5) is 5.82 Å². The maximum absolute atomic E-state index is 5.59. The highest BCUT2D eigenvalue weighted by Gasteiger charge is 2.16. The Hall–Kier alpha value is -1.36. The molecule has 0 atom stereocenters. The Bertz CT molecular complexity index is 331. The molecule has 0 saturated carbocycles. The van der Waals surface area contributed by atoms with Crippen molar-refractivity contribution in [3.05, 3.63) is 11.8 Å². The SMILES string of the molecule is CN1CCC=C(c2nonc2N)C1. The lowest BCUT2D eigenvalue weighted by Crippen LogP contribution is -2.25. The number of rotatable bonds is 1. The van der Waals surface area contributed by atoms with Gasteiger partial charge in [0.15, 0.2) is 11.5 Å². The first kappa shape index (κ1) is 8.25. The van der Waals surface area contributed by atoms with Gasteiger partial charge in [0, 0.05) is 13.1 Å². The highest BCUT2D eigenvalue weighted by atomic mass is 16.6. The molecule has 0 spiro atoms. The van der Waals surface area contributed by atoms with Crippen molar-refractivity contribution in [2.75, 3.05) is 25.9 Å². The van der Waals surface area contributed by atoms with Crippen molar-refractivity contribution in [1.29, 1.82) is 0 Å². The maximum Gasteiger partial charge on any atom is 0.196 e. The molecule has 5 heteroatoms. The van der Waals surface area contributed by atoms with Crippen LogP contribution < -0.4 is 5.73 Å². The molecule has 0 amide bonds. The third-order valence-electron chi connectivity index (χ3n) is 2.16. The van der Waals surface area contributed by atoms with E-state index in [2.05, 4.69) is 33.0 Å². The van der Waals surface area contributed by atoms with Gasteiger partial charge in [-0.2, -0.15) is 0 Å². The summed E-state index contributed by atoms with van der Waals surface area (Å²) in [5.74, 6) is 0.376. The minimum Gasteiger partial charge on any atom is -0.379 e. The van der Waals surface area contributed by atoms with Gasteiger partial charge in [0.1, 0.15) is 0 Å². The fourth-order valence-electron chi connectivity index (χ4n) is 1.48. The van der Waals surface area contributed by atoms with Gasteiger partial charge in [0.25, 0.3) is 0 Å². The van der Waals surface area contributed by atoms with Crippen molar-refractivity contribution in [1.82, 2.24) is 15.2 Å². The second-order valence-electron chi connectivity index (χ2n) is 3.25. The molecule has 0 aliphatic carbocycles. The Morgan fingerprint density at radius 1 is 1.54 bits per heavy atom. The molecule has 2 rings (SSSR count). The number of hydrogen-bond donors (Lipinski definition) is 1. The standard InChI is InChI=1S/C8H12N4O/c1-12-4-2-3-6(5-12)7-8(9)11-13-10-7/h3H,2,4-5H2,1H3,(H2,9,11). The van der Waals surface area contributed by atoms with Gasteiger partial charge in [0.2, 0.25) is 0 Å². The van der Waals surface area contributed by atoms with Crippen LogP contribution in [-0.2, 0) is 0 Å². The number of nitrogen functional groups attached to an aromatic ring is 1. The Balaban J connectivity index is 2.26. The summed E-state index contributed by atoms with van der Waals surface area (Å²) in [6, 6.07) is 0. The lowest BCUT2D eigenvalue weighted by molar-refractivity contribution is 0.306. The first-order valence-electron chi connectivity index (χ1n) is 4.23. The number of nitrogens with zero attached hydrogens (tertiary/aromatic N) is 3. The lowest BCUT2D eigenvalue weighted by Gasteiger charge is -2.21. The molecule has 0 aromatic carbocycles. The van der Waals surface area contributed by atoms with E-state index in [1.807, 2.05) is 0 Å². The average Bonchev–Trinajstić information content (AvgIpc) is 2.51. The fraction of sp³-hybridized carbons (Fsp3) is 0.500. The summed E-state index contributed by atoms with van der Waals surface area (Å²) < 4.78 is 4.55. The van der Waals surface area contributed by atoms with E-state index in [1.165, 1.54) is 0 Å². The molecule has 1 aliphatic rings. The molecule has 2 N–H and O–H groups in total. The molecule has 1 aliphatic heterocycles. The molecule has 0 fully saturated rings. The van der Waals surface area contributed by atoms with Crippen LogP contribution in [0.25, 0.3) is 5.57 Å². The first-order valence-corrected chi connectivity index (χ1v) is 4.23. The van der Waals surface area contributed by atoms with Crippen LogP contribution >= 0.6 is 0 Å². The molecule has 0 radical (unpaired) electrons. The molecule has 2 heterocycles. The zero-order valence-corrected chi connectivity index (χ0v) is 7.53. The van der Waals surface area contributed by atoms with Crippen molar-refractivity contribution < 1.29 is 4.63 Å². The second-order valence-corrected chi connectivity index (χ2v) is 3.25. The van der Waals surface area contributed by atoms with E-state index in [0.29, 0.717) is 11.5 Å². The van der Waals surface area contributed by atoms with Crippen LogP contribution in [0, 0.1) is 0 Å². The van der Waals surface area contributed by atoms with Crippen molar-refractivity contribution in [3.8, 4) is 0 Å². The zero-order valence-electron chi connectivity index (χ0n) is 7.53. The smallest absolute Gasteiger partial charge is 0.196 e. The number of hydrogen-bond acceptors (Lipinski definition) is 5. The van der Waals surface area contributed by atoms with Crippen LogP contribution in [0.2, 0.25) is 0 Å². The van der Waals surface area contributed by atoms with E-state index in [1.54, 1.807) is 0 Å². The van der Waals surface area contributed by atoms with Crippen LogP contribution in [-0.4, -0.2) is 35.4 Å². The molecular weight excluding hydrogens is 168 g/mol. The van der Waals surface area contributed by atoms with E-state index in [4.69, 9.17) is 5.73 Å². The van der Waals surface area contributed by atoms with Crippen molar-refractivity contribution in [3.63, 3.8) is 0 Å². The van der Waals surface area contributed by atoms with Crippen molar-refractivity contribution in [2.45, 2.75) is 6.42 Å². The van der Waals surface area contributed by atoms with Crippen molar-refractivity contribution in [2.24, 2.45) is 0 Å². The molecule has 1 aromatic heterocycles. The summed E-state index contributed by atoms with van der Waals surface area (Å²) in [5, 5.41) is 7.32. The summed E-state index contributed by atoms with van der Waals surface area (Å²) in [7, 11) is 2.07. The predicted molar refractivity (Wildman–Crippen MR) is 48.8 cm³/mol. The van der Waals surface area contributed by atoms with Gasteiger partial charge in [-0.3, -0.25) is 0 Å². The molecule has 0 saturated heterocycles. The summed E-state index contributed by atoms with van der Waals surface area (Å²) >= 11 is 0. The average molecular weight is 180 g/mol. The largest absolute Gasteiger partial charge is 0.379 e. The summed E-state index contributed by atoms with van der Waals surface area (Å²) in [6.45, 7) is 1.94. The number of nitrogens with two attached hydrogens (primary N) is 1. The highest BCUT2D eigenvalue weighted by Crippen LogP contribution is 2.21. The normalized spacial score (nSPS) is 18.7. The summed E-state index contributed by atoms with van der Waals surface area (Å²) in [4.78, 5) is 2.21. The molecule has 0 bridgehead atoms. The van der Waals surface area contributed by atoms with E-state index in [9.17, 15) is 0 Å². The Kier molecular flexibility index (Phi) is 2.02. The topological polar surface area (TPSA) is 68.2 Å². The Morgan fingerprint density at radius 2 is 2.38 bits per heavy atom. The molecule has 70 valence electrons. The van der Waals surface area contributed by atoms with E-state index in [-0.39, 0.29) is 0 Å². The summed E-state index contributed by atoms with van der Waals surface area (Å²) in [5.41, 5.74) is 7.38. The van der Waals surface area contributed by atoms with Gasteiger partial charge in [-0.25, -0.2) is 4.63 Å². The van der Waals surface area contributed by atoms with Gasteiger partial charge < -0.3 is 10.6 Å². The fourth-order valence-corrected chi connectivity index (χ4v) is 1.48. The minimum atomic E-state index is 0.376. The first-order chi connectivity index (χ1) is 6.27. The molecule has 13 heavy (non-hydrogen) atoms. The summed E-state index contributed by atoms with van der Waals surface area (Å²) in [6.07, 6.45) is 3.16. The van der Waals surface area contributed by atoms with Gasteiger partial charge in [-0.05, 0) is 29.4 Å². The van der Waals surface area contributed by atoms with E-state index in [0.717, 1.165) is 25.1 Å².